The summed E-state index contributed by atoms with van der Waals surface area (Å²) in [5.41, 5.74) is 6.08. The van der Waals surface area contributed by atoms with Gasteiger partial charge in [0.05, 0.1) is 6.61 Å². The lowest BCUT2D eigenvalue weighted by molar-refractivity contribution is 0.196. The second-order valence-corrected chi connectivity index (χ2v) is 5.07. The molecule has 2 rings (SSSR count). The van der Waals surface area contributed by atoms with Gasteiger partial charge in [-0.1, -0.05) is 18.2 Å². The third-order valence-electron chi connectivity index (χ3n) is 3.68. The normalized spacial score (nSPS) is 14.0. The maximum absolute atomic E-state index is 13.3. The monoisotopic (exact) mass is 295 g/mol. The molecule has 5 heteroatoms. The molecule has 2 aromatic carbocycles. The number of nitrogens with two attached hydrogens (primary N) is 1. The first-order chi connectivity index (χ1) is 10.0. The maximum Gasteiger partial charge on any atom is 0.159 e. The van der Waals surface area contributed by atoms with Crippen LogP contribution in [0.1, 0.15) is 11.1 Å². The molecule has 0 amide bonds. The third kappa shape index (κ3) is 3.25. The fourth-order valence-electron chi connectivity index (χ4n) is 2.35. The number of aliphatic hydroxyl groups excluding tert-OH is 1. The number of hydrogen-bond acceptors (Lipinski definition) is 2. The molecular weight excluding hydrogens is 279 g/mol. The third-order valence-corrected chi connectivity index (χ3v) is 3.68. The van der Waals surface area contributed by atoms with Crippen molar-refractivity contribution < 1.29 is 18.3 Å². The van der Waals surface area contributed by atoms with E-state index in [0.29, 0.717) is 11.1 Å². The van der Waals surface area contributed by atoms with Crippen molar-refractivity contribution in [3.63, 3.8) is 0 Å². The highest BCUT2D eigenvalue weighted by molar-refractivity contribution is 5.31. The van der Waals surface area contributed by atoms with Gasteiger partial charge in [-0.05, 0) is 41.8 Å². The molecule has 2 nitrogen and oxygen atoms in total. The van der Waals surface area contributed by atoms with Crippen molar-refractivity contribution in [2.45, 2.75) is 11.8 Å². The van der Waals surface area contributed by atoms with E-state index in [9.17, 15) is 18.3 Å². The summed E-state index contributed by atoms with van der Waals surface area (Å²) in [6.45, 7) is -0.192. The Morgan fingerprint density at radius 1 is 0.952 bits per heavy atom. The number of aliphatic hydroxyl groups is 1. The predicted molar refractivity (Wildman–Crippen MR) is 74.3 cm³/mol. The van der Waals surface area contributed by atoms with Gasteiger partial charge in [-0.25, -0.2) is 13.2 Å². The minimum Gasteiger partial charge on any atom is -0.395 e. The van der Waals surface area contributed by atoms with Gasteiger partial charge >= 0.3 is 0 Å². The van der Waals surface area contributed by atoms with Crippen molar-refractivity contribution >= 4 is 0 Å². The predicted octanol–water partition coefficient (Wildman–Crippen LogP) is 2.54. The molecule has 2 aromatic rings. The van der Waals surface area contributed by atoms with Gasteiger partial charge in [-0.15, -0.1) is 0 Å². The van der Waals surface area contributed by atoms with Gasteiger partial charge in [0.15, 0.2) is 11.6 Å². The van der Waals surface area contributed by atoms with E-state index in [-0.39, 0.29) is 19.6 Å². The molecule has 0 saturated carbocycles. The van der Waals surface area contributed by atoms with Gasteiger partial charge in [-0.3, -0.25) is 0 Å². The van der Waals surface area contributed by atoms with Crippen LogP contribution in [0.15, 0.2) is 42.5 Å². The van der Waals surface area contributed by atoms with E-state index >= 15 is 0 Å². The zero-order valence-electron chi connectivity index (χ0n) is 11.3. The smallest absolute Gasteiger partial charge is 0.159 e. The summed E-state index contributed by atoms with van der Waals surface area (Å²) in [6, 6.07) is 9.20. The molecule has 0 saturated heterocycles. The average Bonchev–Trinajstić information content (AvgIpc) is 2.49. The van der Waals surface area contributed by atoms with Crippen LogP contribution in [0.5, 0.6) is 0 Å². The molecule has 0 aromatic heterocycles. The van der Waals surface area contributed by atoms with E-state index in [1.165, 1.54) is 30.3 Å². The summed E-state index contributed by atoms with van der Waals surface area (Å²) >= 11 is 0. The van der Waals surface area contributed by atoms with Gasteiger partial charge in [0.1, 0.15) is 5.82 Å². The van der Waals surface area contributed by atoms with Crippen LogP contribution in [0.4, 0.5) is 13.2 Å². The molecule has 0 fully saturated rings. The number of benzene rings is 2. The molecule has 0 spiro atoms. The molecule has 0 radical (unpaired) electrons. The first-order valence-corrected chi connectivity index (χ1v) is 6.52. The summed E-state index contributed by atoms with van der Waals surface area (Å²) in [5, 5.41) is 9.74. The molecule has 21 heavy (non-hydrogen) atoms. The second kappa shape index (κ2) is 6.28. The van der Waals surface area contributed by atoms with Crippen LogP contribution in [0, 0.1) is 17.5 Å². The van der Waals surface area contributed by atoms with E-state index in [4.69, 9.17) is 5.73 Å². The molecule has 0 aliphatic carbocycles. The van der Waals surface area contributed by atoms with Gasteiger partial charge in [0.25, 0.3) is 0 Å². The van der Waals surface area contributed by atoms with Crippen LogP contribution in [0.3, 0.4) is 0 Å². The van der Waals surface area contributed by atoms with Crippen molar-refractivity contribution in [2.24, 2.45) is 5.73 Å². The standard InChI is InChI=1S/C16H16F3NO/c17-13-4-2-12(3-5-13)16(9-20,10-21)8-11-1-6-14(18)15(19)7-11/h1-7,21H,8-10,20H2. The molecule has 1 unspecified atom stereocenters. The zero-order valence-corrected chi connectivity index (χ0v) is 11.3. The summed E-state index contributed by atoms with van der Waals surface area (Å²) in [5.74, 6) is -2.27. The molecule has 0 bridgehead atoms. The van der Waals surface area contributed by atoms with E-state index in [1.807, 2.05) is 0 Å². The largest absolute Gasteiger partial charge is 0.395 e. The van der Waals surface area contributed by atoms with Crippen LogP contribution < -0.4 is 5.73 Å². The van der Waals surface area contributed by atoms with E-state index in [2.05, 4.69) is 0 Å². The molecule has 0 heterocycles. The Labute approximate surface area is 121 Å². The van der Waals surface area contributed by atoms with E-state index in [1.54, 1.807) is 0 Å². The summed E-state index contributed by atoms with van der Waals surface area (Å²) in [7, 11) is 0. The minimum atomic E-state index is -0.949. The lowest BCUT2D eigenvalue weighted by atomic mass is 9.76. The maximum atomic E-state index is 13.3. The number of halogens is 3. The Bertz CT molecular complexity index is 609. The second-order valence-electron chi connectivity index (χ2n) is 5.07. The van der Waals surface area contributed by atoms with Crippen molar-refractivity contribution in [3.8, 4) is 0 Å². The van der Waals surface area contributed by atoms with Gasteiger partial charge in [-0.2, -0.15) is 0 Å². The Balaban J connectivity index is 2.37. The van der Waals surface area contributed by atoms with Crippen LogP contribution in [0.25, 0.3) is 0 Å². The SMILES string of the molecule is NCC(CO)(Cc1ccc(F)c(F)c1)c1ccc(F)cc1. The van der Waals surface area contributed by atoms with Crippen molar-refractivity contribution in [2.75, 3.05) is 13.2 Å². The van der Waals surface area contributed by atoms with E-state index in [0.717, 1.165) is 12.1 Å². The highest BCUT2D eigenvalue weighted by atomic mass is 19.2. The first-order valence-electron chi connectivity index (χ1n) is 6.52. The molecule has 3 N–H and O–H groups in total. The van der Waals surface area contributed by atoms with Crippen molar-refractivity contribution in [1.29, 1.82) is 0 Å². The number of hydrogen-bond donors (Lipinski definition) is 2. The summed E-state index contributed by atoms with van der Waals surface area (Å²) < 4.78 is 39.3. The van der Waals surface area contributed by atoms with Gasteiger partial charge < -0.3 is 10.8 Å². The summed E-state index contributed by atoms with van der Waals surface area (Å²) in [6.07, 6.45) is 0.225. The lowest BCUT2D eigenvalue weighted by Crippen LogP contribution is -2.41. The van der Waals surface area contributed by atoms with Crippen LogP contribution >= 0.6 is 0 Å². The van der Waals surface area contributed by atoms with Gasteiger partial charge in [0, 0.05) is 12.0 Å². The molecule has 0 aliphatic heterocycles. The molecule has 112 valence electrons. The Morgan fingerprint density at radius 2 is 1.62 bits per heavy atom. The average molecular weight is 295 g/mol. The highest BCUT2D eigenvalue weighted by Gasteiger charge is 2.30. The topological polar surface area (TPSA) is 46.2 Å². The first kappa shape index (κ1) is 15.5. The fraction of sp³-hybridized carbons (Fsp3) is 0.250. The van der Waals surface area contributed by atoms with Crippen molar-refractivity contribution in [1.82, 2.24) is 0 Å². The Morgan fingerprint density at radius 3 is 2.14 bits per heavy atom. The molecular formula is C16H16F3NO. The Hall–Kier alpha value is -1.85. The van der Waals surface area contributed by atoms with Gasteiger partial charge in [0.2, 0.25) is 0 Å². The summed E-state index contributed by atoms with van der Waals surface area (Å²) in [4.78, 5) is 0. The van der Waals surface area contributed by atoms with Crippen LogP contribution in [-0.4, -0.2) is 18.3 Å². The molecule has 0 aliphatic rings. The fourth-order valence-corrected chi connectivity index (χ4v) is 2.35. The quantitative estimate of drug-likeness (QED) is 0.890. The molecule has 1 atom stereocenters. The zero-order chi connectivity index (χ0) is 15.5. The minimum absolute atomic E-state index is 0.0914. The Kier molecular flexibility index (Phi) is 4.65. The van der Waals surface area contributed by atoms with E-state index < -0.39 is 22.9 Å². The number of rotatable bonds is 5. The highest BCUT2D eigenvalue weighted by Crippen LogP contribution is 2.28. The van der Waals surface area contributed by atoms with Crippen molar-refractivity contribution in [3.05, 3.63) is 71.0 Å². The van der Waals surface area contributed by atoms with Crippen LogP contribution in [0.2, 0.25) is 0 Å². The van der Waals surface area contributed by atoms with Crippen LogP contribution in [-0.2, 0) is 11.8 Å². The lowest BCUT2D eigenvalue weighted by Gasteiger charge is -2.31.